The van der Waals surface area contributed by atoms with Crippen LogP contribution in [0.1, 0.15) is 47.9 Å². The van der Waals surface area contributed by atoms with Crippen LogP contribution in [0.15, 0.2) is 24.3 Å². The highest BCUT2D eigenvalue weighted by Gasteiger charge is 2.20. The summed E-state index contributed by atoms with van der Waals surface area (Å²) in [5.74, 6) is -0.438. The summed E-state index contributed by atoms with van der Waals surface area (Å²) in [7, 11) is 1.66. The van der Waals surface area contributed by atoms with E-state index < -0.39 is 5.97 Å². The molecule has 1 aromatic carbocycles. The molecule has 4 nitrogen and oxygen atoms in total. The number of benzene rings is 1. The molecule has 1 atom stereocenters. The summed E-state index contributed by atoms with van der Waals surface area (Å²) in [6.07, 6.45) is 1.09. The zero-order valence-electron chi connectivity index (χ0n) is 12.3. The first-order valence-electron chi connectivity index (χ1n) is 6.82. The molecule has 2 aromatic rings. The van der Waals surface area contributed by atoms with E-state index >= 15 is 0 Å². The first-order chi connectivity index (χ1) is 9.45. The van der Waals surface area contributed by atoms with Crippen LogP contribution in [0.5, 0.6) is 0 Å². The van der Waals surface area contributed by atoms with Crippen LogP contribution in [0, 0.1) is 6.92 Å². The first-order valence-corrected chi connectivity index (χ1v) is 6.82. The van der Waals surface area contributed by atoms with Crippen LogP contribution in [-0.4, -0.2) is 20.9 Å². The standard InChI is InChI=1S/C16H20N2O2/c1-5-10(2)12-6-8-13(9-7-12)14-11(3)17-18(4)15(14)16(19)20/h6-10H,5H2,1-4H3,(H,19,20)/t10-/m0/s1. The molecule has 0 amide bonds. The van der Waals surface area contributed by atoms with Crippen molar-refractivity contribution in [3.8, 4) is 11.1 Å². The van der Waals surface area contributed by atoms with Crippen molar-refractivity contribution in [3.05, 3.63) is 41.2 Å². The van der Waals surface area contributed by atoms with E-state index in [2.05, 4.69) is 31.1 Å². The van der Waals surface area contributed by atoms with E-state index in [9.17, 15) is 9.90 Å². The minimum Gasteiger partial charge on any atom is -0.477 e. The SMILES string of the molecule is CC[C@H](C)c1ccc(-c2c(C)nn(C)c2C(=O)O)cc1. The third-order valence-corrected chi connectivity index (χ3v) is 3.81. The van der Waals surface area contributed by atoms with E-state index in [1.165, 1.54) is 10.2 Å². The van der Waals surface area contributed by atoms with E-state index in [0.717, 1.165) is 17.7 Å². The fraction of sp³-hybridized carbons (Fsp3) is 0.375. The van der Waals surface area contributed by atoms with E-state index in [1.807, 2.05) is 19.1 Å². The van der Waals surface area contributed by atoms with Crippen molar-refractivity contribution in [3.63, 3.8) is 0 Å². The molecule has 0 radical (unpaired) electrons. The Bertz CT molecular complexity index is 627. The number of carboxylic acids is 1. The molecule has 0 saturated carbocycles. The normalized spacial score (nSPS) is 12.4. The number of aromatic carboxylic acids is 1. The van der Waals surface area contributed by atoms with Crippen LogP contribution in [-0.2, 0) is 7.05 Å². The molecule has 20 heavy (non-hydrogen) atoms. The maximum absolute atomic E-state index is 11.4. The quantitative estimate of drug-likeness (QED) is 0.925. The summed E-state index contributed by atoms with van der Waals surface area (Å²) in [6, 6.07) is 8.11. The molecule has 0 spiro atoms. The molecule has 2 rings (SSSR count). The molecule has 4 heteroatoms. The van der Waals surface area contributed by atoms with Gasteiger partial charge >= 0.3 is 5.97 Å². The van der Waals surface area contributed by atoms with Crippen LogP contribution < -0.4 is 0 Å². The van der Waals surface area contributed by atoms with Gasteiger partial charge in [0.15, 0.2) is 5.69 Å². The number of aromatic nitrogens is 2. The molecule has 0 unspecified atom stereocenters. The predicted octanol–water partition coefficient (Wildman–Crippen LogP) is 3.61. The Kier molecular flexibility index (Phi) is 3.93. The van der Waals surface area contributed by atoms with Crippen LogP contribution in [0.3, 0.4) is 0 Å². The Balaban J connectivity index is 2.49. The Labute approximate surface area is 119 Å². The van der Waals surface area contributed by atoms with Crippen molar-refractivity contribution in [1.82, 2.24) is 9.78 Å². The molecule has 0 saturated heterocycles. The number of carbonyl (C=O) groups is 1. The number of rotatable bonds is 4. The van der Waals surface area contributed by atoms with Gasteiger partial charge in [0.2, 0.25) is 0 Å². The number of carboxylic acid groups (broad SMARTS) is 1. The third-order valence-electron chi connectivity index (χ3n) is 3.81. The number of nitrogens with zero attached hydrogens (tertiary/aromatic N) is 2. The summed E-state index contributed by atoms with van der Waals surface area (Å²) in [5.41, 5.74) is 3.85. The zero-order valence-corrected chi connectivity index (χ0v) is 12.3. The average molecular weight is 272 g/mol. The van der Waals surface area contributed by atoms with Crippen molar-refractivity contribution in [2.24, 2.45) is 7.05 Å². The van der Waals surface area contributed by atoms with Crippen LogP contribution in [0.2, 0.25) is 0 Å². The van der Waals surface area contributed by atoms with Gasteiger partial charge in [-0.25, -0.2) is 4.79 Å². The second kappa shape index (κ2) is 5.49. The molecule has 106 valence electrons. The van der Waals surface area contributed by atoms with Gasteiger partial charge in [0, 0.05) is 12.6 Å². The Morgan fingerprint density at radius 3 is 2.45 bits per heavy atom. The molecule has 1 heterocycles. The van der Waals surface area contributed by atoms with Gasteiger partial charge in [0.05, 0.1) is 5.69 Å². The molecule has 0 bridgehead atoms. The van der Waals surface area contributed by atoms with Gasteiger partial charge in [0.25, 0.3) is 0 Å². The summed E-state index contributed by atoms with van der Waals surface area (Å²) >= 11 is 0. The molecule has 0 aliphatic carbocycles. The van der Waals surface area contributed by atoms with Crippen LogP contribution in [0.25, 0.3) is 11.1 Å². The van der Waals surface area contributed by atoms with Crippen molar-refractivity contribution in [2.75, 3.05) is 0 Å². The van der Waals surface area contributed by atoms with Gasteiger partial charge in [-0.3, -0.25) is 4.68 Å². The second-order valence-electron chi connectivity index (χ2n) is 5.17. The number of hydrogen-bond donors (Lipinski definition) is 1. The van der Waals surface area contributed by atoms with Crippen molar-refractivity contribution in [1.29, 1.82) is 0 Å². The monoisotopic (exact) mass is 272 g/mol. The van der Waals surface area contributed by atoms with E-state index in [4.69, 9.17) is 0 Å². The molecule has 1 aromatic heterocycles. The van der Waals surface area contributed by atoms with Crippen molar-refractivity contribution in [2.45, 2.75) is 33.1 Å². The lowest BCUT2D eigenvalue weighted by molar-refractivity contribution is 0.0686. The molecular weight excluding hydrogens is 252 g/mol. The maximum Gasteiger partial charge on any atom is 0.354 e. The average Bonchev–Trinajstić information content (AvgIpc) is 2.72. The summed E-state index contributed by atoms with van der Waals surface area (Å²) < 4.78 is 1.43. The van der Waals surface area contributed by atoms with Gasteiger partial charge in [-0.1, -0.05) is 38.1 Å². The first kappa shape index (κ1) is 14.3. The summed E-state index contributed by atoms with van der Waals surface area (Å²) in [4.78, 5) is 11.4. The predicted molar refractivity (Wildman–Crippen MR) is 79.0 cm³/mol. The summed E-state index contributed by atoms with van der Waals surface area (Å²) in [6.45, 7) is 6.18. The lowest BCUT2D eigenvalue weighted by Crippen LogP contribution is -2.06. The summed E-state index contributed by atoms with van der Waals surface area (Å²) in [5, 5.41) is 13.6. The largest absolute Gasteiger partial charge is 0.477 e. The minimum absolute atomic E-state index is 0.235. The molecule has 1 N–H and O–H groups in total. The fourth-order valence-electron chi connectivity index (χ4n) is 2.46. The third kappa shape index (κ3) is 2.46. The van der Waals surface area contributed by atoms with E-state index in [1.54, 1.807) is 7.05 Å². The lowest BCUT2D eigenvalue weighted by Gasteiger charge is -2.10. The van der Waals surface area contributed by atoms with Crippen LogP contribution >= 0.6 is 0 Å². The topological polar surface area (TPSA) is 55.1 Å². The highest BCUT2D eigenvalue weighted by molar-refractivity contribution is 5.95. The maximum atomic E-state index is 11.4. The van der Waals surface area contributed by atoms with Gasteiger partial charge in [-0.15, -0.1) is 0 Å². The van der Waals surface area contributed by atoms with Gasteiger partial charge in [0.1, 0.15) is 0 Å². The Morgan fingerprint density at radius 1 is 1.35 bits per heavy atom. The smallest absolute Gasteiger partial charge is 0.354 e. The minimum atomic E-state index is -0.950. The van der Waals surface area contributed by atoms with Crippen LogP contribution in [0.4, 0.5) is 0 Å². The number of hydrogen-bond acceptors (Lipinski definition) is 2. The Morgan fingerprint density at radius 2 is 1.95 bits per heavy atom. The highest BCUT2D eigenvalue weighted by atomic mass is 16.4. The van der Waals surface area contributed by atoms with Gasteiger partial charge < -0.3 is 5.11 Å². The molecule has 0 fully saturated rings. The van der Waals surface area contributed by atoms with Crippen molar-refractivity contribution < 1.29 is 9.90 Å². The van der Waals surface area contributed by atoms with Crippen molar-refractivity contribution >= 4 is 5.97 Å². The van der Waals surface area contributed by atoms with Gasteiger partial charge in [-0.2, -0.15) is 5.10 Å². The zero-order chi connectivity index (χ0) is 14.9. The molecule has 0 aliphatic rings. The Hall–Kier alpha value is -2.10. The fourth-order valence-corrected chi connectivity index (χ4v) is 2.46. The molecular formula is C16H20N2O2. The molecule has 0 aliphatic heterocycles. The second-order valence-corrected chi connectivity index (χ2v) is 5.17. The van der Waals surface area contributed by atoms with E-state index in [-0.39, 0.29) is 5.69 Å². The van der Waals surface area contributed by atoms with Gasteiger partial charge in [-0.05, 0) is 30.4 Å². The number of aryl methyl sites for hydroxylation is 2. The highest BCUT2D eigenvalue weighted by Crippen LogP contribution is 2.29. The lowest BCUT2D eigenvalue weighted by atomic mass is 9.95. The van der Waals surface area contributed by atoms with E-state index in [0.29, 0.717) is 11.5 Å².